The molecule has 0 aromatic rings. The Hall–Kier alpha value is -0.650. The van der Waals surface area contributed by atoms with E-state index < -0.39 is 0 Å². The van der Waals surface area contributed by atoms with Crippen molar-refractivity contribution in [3.8, 4) is 0 Å². The third kappa shape index (κ3) is 3.51. The normalized spacial score (nSPS) is 30.4. The lowest BCUT2D eigenvalue weighted by Gasteiger charge is -2.37. The summed E-state index contributed by atoms with van der Waals surface area (Å²) < 4.78 is 11.3. The number of carbonyl (C=O) groups is 1. The van der Waals surface area contributed by atoms with Crippen molar-refractivity contribution in [2.24, 2.45) is 5.92 Å². The average Bonchev–Trinajstić information content (AvgIpc) is 3.15. The van der Waals surface area contributed by atoms with E-state index in [1.165, 1.54) is 19.3 Å². The fraction of sp³-hybridized carbons (Fsp3) is 0.933. The molecule has 1 amide bonds. The van der Waals surface area contributed by atoms with E-state index in [0.717, 1.165) is 19.4 Å². The molecule has 20 heavy (non-hydrogen) atoms. The van der Waals surface area contributed by atoms with E-state index in [1.54, 1.807) is 0 Å². The van der Waals surface area contributed by atoms with Crippen LogP contribution in [0.3, 0.4) is 0 Å². The second-order valence-electron chi connectivity index (χ2n) is 6.34. The number of nitrogens with one attached hydrogen (secondary N) is 1. The van der Waals surface area contributed by atoms with Gasteiger partial charge in [0.1, 0.15) is 0 Å². The van der Waals surface area contributed by atoms with E-state index in [9.17, 15) is 4.79 Å². The minimum absolute atomic E-state index is 0.135. The molecule has 0 radical (unpaired) electrons. The highest BCUT2D eigenvalue weighted by molar-refractivity contribution is 5.78. The molecule has 3 rings (SSSR count). The van der Waals surface area contributed by atoms with Crippen molar-refractivity contribution in [2.45, 2.75) is 57.4 Å². The van der Waals surface area contributed by atoms with Crippen LogP contribution in [-0.4, -0.2) is 55.5 Å². The Morgan fingerprint density at radius 3 is 2.70 bits per heavy atom. The molecule has 1 saturated carbocycles. The van der Waals surface area contributed by atoms with Gasteiger partial charge in [-0.2, -0.15) is 0 Å². The predicted molar refractivity (Wildman–Crippen MR) is 75.2 cm³/mol. The van der Waals surface area contributed by atoms with Gasteiger partial charge in [-0.25, -0.2) is 0 Å². The summed E-state index contributed by atoms with van der Waals surface area (Å²) in [4.78, 5) is 14.4. The van der Waals surface area contributed by atoms with E-state index in [2.05, 4.69) is 17.1 Å². The number of nitrogens with zero attached hydrogens (tertiary/aromatic N) is 1. The van der Waals surface area contributed by atoms with Crippen molar-refractivity contribution in [3.05, 3.63) is 0 Å². The lowest BCUT2D eigenvalue weighted by atomic mass is 10.0. The molecule has 2 unspecified atom stereocenters. The number of likely N-dealkylation sites (tertiary alicyclic amines) is 1. The molecular formula is C15H26N2O3. The first-order valence-corrected chi connectivity index (χ1v) is 8.00. The van der Waals surface area contributed by atoms with E-state index in [1.807, 2.05) is 0 Å². The fourth-order valence-corrected chi connectivity index (χ4v) is 3.32. The molecule has 2 saturated heterocycles. The largest absolute Gasteiger partial charge is 0.352 e. The molecule has 2 heterocycles. The topological polar surface area (TPSA) is 50.8 Å². The van der Waals surface area contributed by atoms with E-state index in [4.69, 9.17) is 9.47 Å². The maximum atomic E-state index is 12.2. The highest BCUT2D eigenvalue weighted by atomic mass is 16.7. The SMILES string of the molecule is CC(NC(=O)CN1CCCCC1C1OCCO1)C1CC1. The summed E-state index contributed by atoms with van der Waals surface area (Å²) in [6.07, 6.45) is 5.81. The Morgan fingerprint density at radius 1 is 1.25 bits per heavy atom. The first kappa shape index (κ1) is 14.3. The first-order chi connectivity index (χ1) is 9.74. The zero-order valence-corrected chi connectivity index (χ0v) is 12.3. The summed E-state index contributed by atoms with van der Waals surface area (Å²) in [5.74, 6) is 0.854. The van der Waals surface area contributed by atoms with E-state index in [-0.39, 0.29) is 18.2 Å². The van der Waals surface area contributed by atoms with E-state index in [0.29, 0.717) is 31.7 Å². The molecule has 3 fully saturated rings. The molecule has 0 bridgehead atoms. The predicted octanol–water partition coefficient (Wildman–Crippen LogP) is 1.13. The summed E-state index contributed by atoms with van der Waals surface area (Å²) in [7, 11) is 0. The van der Waals surface area contributed by atoms with Crippen LogP contribution in [0.2, 0.25) is 0 Å². The maximum absolute atomic E-state index is 12.2. The Bertz CT molecular complexity index is 340. The number of carbonyl (C=O) groups excluding carboxylic acids is 1. The van der Waals surface area contributed by atoms with Crippen LogP contribution in [0.25, 0.3) is 0 Å². The molecule has 2 aliphatic heterocycles. The minimum Gasteiger partial charge on any atom is -0.352 e. The number of hydrogen-bond donors (Lipinski definition) is 1. The number of amides is 1. The standard InChI is InChI=1S/C15H26N2O3/c1-11(12-5-6-12)16-14(18)10-17-7-3-2-4-13(17)15-19-8-9-20-15/h11-13,15H,2-10H2,1H3,(H,16,18). The number of rotatable bonds is 5. The van der Waals surface area contributed by atoms with Gasteiger partial charge < -0.3 is 14.8 Å². The van der Waals surface area contributed by atoms with Crippen molar-refractivity contribution < 1.29 is 14.3 Å². The van der Waals surface area contributed by atoms with Gasteiger partial charge in [-0.05, 0) is 45.1 Å². The number of hydrogen-bond acceptors (Lipinski definition) is 4. The Balaban J connectivity index is 1.51. The Morgan fingerprint density at radius 2 is 2.00 bits per heavy atom. The van der Waals surface area contributed by atoms with Crippen LogP contribution in [-0.2, 0) is 14.3 Å². The van der Waals surface area contributed by atoms with Gasteiger partial charge in [-0.15, -0.1) is 0 Å². The van der Waals surface area contributed by atoms with Crippen LogP contribution in [0.1, 0.15) is 39.0 Å². The van der Waals surface area contributed by atoms with Crippen LogP contribution in [0.5, 0.6) is 0 Å². The van der Waals surface area contributed by atoms with Gasteiger partial charge in [0.2, 0.25) is 5.91 Å². The molecule has 0 aromatic heterocycles. The Kier molecular flexibility index (Phi) is 4.58. The van der Waals surface area contributed by atoms with Gasteiger partial charge in [0, 0.05) is 6.04 Å². The molecule has 5 nitrogen and oxygen atoms in total. The van der Waals surface area contributed by atoms with Gasteiger partial charge in [0.25, 0.3) is 0 Å². The summed E-state index contributed by atoms with van der Waals surface area (Å²) >= 11 is 0. The van der Waals surface area contributed by atoms with Crippen molar-refractivity contribution >= 4 is 5.91 Å². The molecule has 2 atom stereocenters. The van der Waals surface area contributed by atoms with Gasteiger partial charge in [0.05, 0.1) is 25.8 Å². The third-order valence-electron chi connectivity index (χ3n) is 4.69. The summed E-state index contributed by atoms with van der Waals surface area (Å²) in [5.41, 5.74) is 0. The molecule has 5 heteroatoms. The molecule has 1 N–H and O–H groups in total. The minimum atomic E-state index is -0.135. The van der Waals surface area contributed by atoms with Crippen molar-refractivity contribution in [1.82, 2.24) is 10.2 Å². The van der Waals surface area contributed by atoms with Gasteiger partial charge >= 0.3 is 0 Å². The van der Waals surface area contributed by atoms with Crippen molar-refractivity contribution in [2.75, 3.05) is 26.3 Å². The molecule has 1 aliphatic carbocycles. The van der Waals surface area contributed by atoms with Gasteiger partial charge in [0.15, 0.2) is 6.29 Å². The lowest BCUT2D eigenvalue weighted by Crippen LogP contribution is -2.51. The van der Waals surface area contributed by atoms with Gasteiger partial charge in [-0.1, -0.05) is 6.42 Å². The molecule has 0 spiro atoms. The molecule has 3 aliphatic rings. The third-order valence-corrected chi connectivity index (χ3v) is 4.69. The maximum Gasteiger partial charge on any atom is 0.234 e. The number of piperidine rings is 1. The van der Waals surface area contributed by atoms with Crippen LogP contribution in [0, 0.1) is 5.92 Å². The van der Waals surface area contributed by atoms with Crippen LogP contribution in [0.4, 0.5) is 0 Å². The zero-order chi connectivity index (χ0) is 13.9. The summed E-state index contributed by atoms with van der Waals surface area (Å²) in [6, 6.07) is 0.568. The summed E-state index contributed by atoms with van der Waals surface area (Å²) in [6.45, 7) is 4.93. The quantitative estimate of drug-likeness (QED) is 0.821. The summed E-state index contributed by atoms with van der Waals surface area (Å²) in [5, 5.41) is 3.14. The van der Waals surface area contributed by atoms with Crippen molar-refractivity contribution in [3.63, 3.8) is 0 Å². The molecule has 114 valence electrons. The Labute approximate surface area is 121 Å². The highest BCUT2D eigenvalue weighted by Gasteiger charge is 2.35. The highest BCUT2D eigenvalue weighted by Crippen LogP contribution is 2.32. The first-order valence-electron chi connectivity index (χ1n) is 8.00. The smallest absolute Gasteiger partial charge is 0.234 e. The average molecular weight is 282 g/mol. The zero-order valence-electron chi connectivity index (χ0n) is 12.3. The monoisotopic (exact) mass is 282 g/mol. The van der Waals surface area contributed by atoms with Crippen LogP contribution >= 0.6 is 0 Å². The second-order valence-corrected chi connectivity index (χ2v) is 6.34. The molecular weight excluding hydrogens is 256 g/mol. The second kappa shape index (κ2) is 6.41. The lowest BCUT2D eigenvalue weighted by molar-refractivity contribution is -0.131. The van der Waals surface area contributed by atoms with Gasteiger partial charge in [-0.3, -0.25) is 9.69 Å². The molecule has 0 aromatic carbocycles. The van der Waals surface area contributed by atoms with Crippen LogP contribution < -0.4 is 5.32 Å². The van der Waals surface area contributed by atoms with E-state index >= 15 is 0 Å². The number of ether oxygens (including phenoxy) is 2. The fourth-order valence-electron chi connectivity index (χ4n) is 3.32. The van der Waals surface area contributed by atoms with Crippen LogP contribution in [0.15, 0.2) is 0 Å². The van der Waals surface area contributed by atoms with Crippen molar-refractivity contribution in [1.29, 1.82) is 0 Å².